The van der Waals surface area contributed by atoms with E-state index < -0.39 is 12.1 Å². The largest absolute Gasteiger partial charge is 0.391 e. The smallest absolute Gasteiger partial charge is 0.381 e. The molecular formula is C16H17F3N2. The van der Waals surface area contributed by atoms with Crippen molar-refractivity contribution in [3.05, 3.63) is 36.5 Å². The molecule has 0 saturated heterocycles. The van der Waals surface area contributed by atoms with Crippen LogP contribution in [-0.2, 0) is 0 Å². The van der Waals surface area contributed by atoms with Gasteiger partial charge >= 0.3 is 6.18 Å². The molecule has 2 atom stereocenters. The molecule has 0 aliphatic heterocycles. The Hall–Kier alpha value is -1.78. The molecule has 1 aromatic heterocycles. The first-order valence-corrected chi connectivity index (χ1v) is 7.21. The van der Waals surface area contributed by atoms with Gasteiger partial charge in [0.05, 0.1) is 17.1 Å². The topological polar surface area (TPSA) is 24.9 Å². The van der Waals surface area contributed by atoms with Crippen molar-refractivity contribution >= 4 is 16.6 Å². The first-order chi connectivity index (χ1) is 10.0. The summed E-state index contributed by atoms with van der Waals surface area (Å²) in [5, 5.41) is 4.25. The van der Waals surface area contributed by atoms with Gasteiger partial charge in [0.2, 0.25) is 0 Å². The van der Waals surface area contributed by atoms with Gasteiger partial charge in [-0.25, -0.2) is 0 Å². The predicted octanol–water partition coefficient (Wildman–Crippen LogP) is 4.77. The maximum Gasteiger partial charge on any atom is 0.391 e. The fourth-order valence-electron chi connectivity index (χ4n) is 3.06. The molecule has 3 rings (SSSR count). The standard InChI is InChI=1S/C16H17F3N2/c17-16(18,19)12-6-2-7-13(10-12)21-14-8-1-4-11-5-3-9-20-15(11)14/h1,3-5,8-9,12-13,21H,2,6-7,10H2. The summed E-state index contributed by atoms with van der Waals surface area (Å²) in [4.78, 5) is 4.33. The second-order valence-electron chi connectivity index (χ2n) is 5.63. The molecular weight excluding hydrogens is 277 g/mol. The highest BCUT2D eigenvalue weighted by Gasteiger charge is 2.42. The van der Waals surface area contributed by atoms with Crippen molar-refractivity contribution in [3.63, 3.8) is 0 Å². The molecule has 21 heavy (non-hydrogen) atoms. The minimum atomic E-state index is -4.09. The molecule has 2 nitrogen and oxygen atoms in total. The van der Waals surface area contributed by atoms with E-state index in [9.17, 15) is 13.2 Å². The lowest BCUT2D eigenvalue weighted by molar-refractivity contribution is -0.182. The van der Waals surface area contributed by atoms with Crippen LogP contribution in [0.5, 0.6) is 0 Å². The SMILES string of the molecule is FC(F)(F)C1CCCC(Nc2cccc3cccnc23)C1. The molecule has 5 heteroatoms. The van der Waals surface area contributed by atoms with Gasteiger partial charge in [0.1, 0.15) is 0 Å². The Bertz CT molecular complexity index is 619. The third kappa shape index (κ3) is 3.12. The number of rotatable bonds is 2. The summed E-state index contributed by atoms with van der Waals surface area (Å²) in [6, 6.07) is 9.40. The molecule has 1 aromatic carbocycles. The van der Waals surface area contributed by atoms with Crippen LogP contribution >= 0.6 is 0 Å². The van der Waals surface area contributed by atoms with E-state index in [1.54, 1.807) is 6.20 Å². The van der Waals surface area contributed by atoms with E-state index in [2.05, 4.69) is 10.3 Å². The molecule has 0 bridgehead atoms. The third-order valence-corrected chi connectivity index (χ3v) is 4.13. The quantitative estimate of drug-likeness (QED) is 0.863. The molecule has 1 saturated carbocycles. The molecule has 0 radical (unpaired) electrons. The number of anilines is 1. The number of nitrogens with zero attached hydrogens (tertiary/aromatic N) is 1. The van der Waals surface area contributed by atoms with Crippen LogP contribution in [0.1, 0.15) is 25.7 Å². The molecule has 1 N–H and O–H groups in total. The molecule has 1 heterocycles. The molecule has 0 amide bonds. The minimum absolute atomic E-state index is 0.141. The molecule has 2 unspecified atom stereocenters. The number of para-hydroxylation sites is 1. The van der Waals surface area contributed by atoms with Crippen molar-refractivity contribution in [1.29, 1.82) is 0 Å². The maximum atomic E-state index is 12.9. The van der Waals surface area contributed by atoms with E-state index in [-0.39, 0.29) is 18.9 Å². The van der Waals surface area contributed by atoms with Gasteiger partial charge in [-0.1, -0.05) is 24.6 Å². The molecule has 112 valence electrons. The summed E-state index contributed by atoms with van der Waals surface area (Å²) in [7, 11) is 0. The van der Waals surface area contributed by atoms with E-state index in [1.807, 2.05) is 30.3 Å². The molecule has 0 spiro atoms. The van der Waals surface area contributed by atoms with E-state index in [4.69, 9.17) is 0 Å². The number of hydrogen-bond acceptors (Lipinski definition) is 2. The Balaban J connectivity index is 1.79. The average Bonchev–Trinajstić information content (AvgIpc) is 2.47. The highest BCUT2D eigenvalue weighted by atomic mass is 19.4. The Kier molecular flexibility index (Phi) is 3.74. The lowest BCUT2D eigenvalue weighted by Crippen LogP contribution is -2.34. The highest BCUT2D eigenvalue weighted by molar-refractivity contribution is 5.90. The van der Waals surface area contributed by atoms with Crippen molar-refractivity contribution in [1.82, 2.24) is 4.98 Å². The number of fused-ring (bicyclic) bond motifs is 1. The first-order valence-electron chi connectivity index (χ1n) is 7.21. The van der Waals surface area contributed by atoms with E-state index in [1.165, 1.54) is 0 Å². The number of benzene rings is 1. The van der Waals surface area contributed by atoms with Gasteiger partial charge in [-0.3, -0.25) is 4.98 Å². The van der Waals surface area contributed by atoms with Crippen molar-refractivity contribution < 1.29 is 13.2 Å². The lowest BCUT2D eigenvalue weighted by atomic mass is 9.85. The molecule has 2 aromatic rings. The van der Waals surface area contributed by atoms with Crippen molar-refractivity contribution in [2.75, 3.05) is 5.32 Å². The van der Waals surface area contributed by atoms with Crippen LogP contribution in [0.15, 0.2) is 36.5 Å². The first kappa shape index (κ1) is 14.2. The van der Waals surface area contributed by atoms with E-state index in [0.717, 1.165) is 23.0 Å². The van der Waals surface area contributed by atoms with Gasteiger partial charge in [0.25, 0.3) is 0 Å². The average molecular weight is 294 g/mol. The zero-order chi connectivity index (χ0) is 14.9. The molecule has 1 fully saturated rings. The van der Waals surface area contributed by atoms with Crippen LogP contribution in [-0.4, -0.2) is 17.2 Å². The monoisotopic (exact) mass is 294 g/mol. The minimum Gasteiger partial charge on any atom is -0.381 e. The molecule has 1 aliphatic carbocycles. The number of hydrogen-bond donors (Lipinski definition) is 1. The summed E-state index contributed by atoms with van der Waals surface area (Å²) in [5.74, 6) is -1.19. The van der Waals surface area contributed by atoms with Crippen molar-refractivity contribution in [2.45, 2.75) is 37.9 Å². The second kappa shape index (κ2) is 5.54. The molecule has 1 aliphatic rings. The van der Waals surface area contributed by atoms with Gasteiger partial charge < -0.3 is 5.32 Å². The zero-order valence-corrected chi connectivity index (χ0v) is 11.5. The number of aromatic nitrogens is 1. The maximum absolute atomic E-state index is 12.9. The Morgan fingerprint density at radius 2 is 1.90 bits per heavy atom. The second-order valence-corrected chi connectivity index (χ2v) is 5.63. The van der Waals surface area contributed by atoms with Gasteiger partial charge in [0.15, 0.2) is 0 Å². The van der Waals surface area contributed by atoms with Crippen molar-refractivity contribution in [2.24, 2.45) is 5.92 Å². The van der Waals surface area contributed by atoms with Crippen LogP contribution in [0, 0.1) is 5.92 Å². The number of halogens is 3. The van der Waals surface area contributed by atoms with Gasteiger partial charge in [-0.15, -0.1) is 0 Å². The van der Waals surface area contributed by atoms with Crippen LogP contribution in [0.25, 0.3) is 10.9 Å². The fraction of sp³-hybridized carbons (Fsp3) is 0.438. The van der Waals surface area contributed by atoms with Crippen LogP contribution in [0.3, 0.4) is 0 Å². The third-order valence-electron chi connectivity index (χ3n) is 4.13. The number of nitrogens with one attached hydrogen (secondary N) is 1. The Labute approximate surface area is 121 Å². The Morgan fingerprint density at radius 3 is 2.71 bits per heavy atom. The van der Waals surface area contributed by atoms with Crippen LogP contribution in [0.2, 0.25) is 0 Å². The predicted molar refractivity (Wildman–Crippen MR) is 77.2 cm³/mol. The summed E-state index contributed by atoms with van der Waals surface area (Å²) < 4.78 is 38.6. The summed E-state index contributed by atoms with van der Waals surface area (Å²) >= 11 is 0. The summed E-state index contributed by atoms with van der Waals surface area (Å²) in [6.07, 6.45) is -0.609. The number of pyridine rings is 1. The Morgan fingerprint density at radius 1 is 1.10 bits per heavy atom. The van der Waals surface area contributed by atoms with Crippen molar-refractivity contribution in [3.8, 4) is 0 Å². The number of alkyl halides is 3. The van der Waals surface area contributed by atoms with Crippen LogP contribution < -0.4 is 5.32 Å². The van der Waals surface area contributed by atoms with Gasteiger partial charge in [-0.05, 0) is 31.4 Å². The van der Waals surface area contributed by atoms with Gasteiger partial charge in [-0.2, -0.15) is 13.2 Å². The van der Waals surface area contributed by atoms with Gasteiger partial charge in [0, 0.05) is 17.6 Å². The fourth-order valence-corrected chi connectivity index (χ4v) is 3.06. The zero-order valence-electron chi connectivity index (χ0n) is 11.5. The van der Waals surface area contributed by atoms with E-state index in [0.29, 0.717) is 6.42 Å². The normalized spacial score (nSPS) is 23.2. The van der Waals surface area contributed by atoms with E-state index >= 15 is 0 Å². The highest BCUT2D eigenvalue weighted by Crippen LogP contribution is 2.38. The summed E-state index contributed by atoms with van der Waals surface area (Å²) in [5.41, 5.74) is 1.63. The lowest BCUT2D eigenvalue weighted by Gasteiger charge is -2.31. The van der Waals surface area contributed by atoms with Crippen LogP contribution in [0.4, 0.5) is 18.9 Å². The summed E-state index contributed by atoms with van der Waals surface area (Å²) in [6.45, 7) is 0.